The van der Waals surface area contributed by atoms with Crippen molar-refractivity contribution in [1.29, 1.82) is 0 Å². The van der Waals surface area contributed by atoms with Crippen molar-refractivity contribution in [2.24, 2.45) is 4.99 Å². The van der Waals surface area contributed by atoms with E-state index in [1.165, 1.54) is 24.3 Å². The van der Waals surface area contributed by atoms with Gasteiger partial charge in [-0.2, -0.15) is 0 Å². The van der Waals surface area contributed by atoms with E-state index in [1.54, 1.807) is 6.20 Å². The Labute approximate surface area is 167 Å². The third kappa shape index (κ3) is 4.50. The molecular formula is C20H21FN6O2. The number of carbonyl (C=O) groups is 2. The predicted molar refractivity (Wildman–Crippen MR) is 107 cm³/mol. The fraction of sp³-hybridized carbons (Fsp3) is 0.300. The van der Waals surface area contributed by atoms with Gasteiger partial charge in [-0.15, -0.1) is 0 Å². The Morgan fingerprint density at radius 3 is 2.48 bits per heavy atom. The molecule has 0 saturated carbocycles. The minimum Gasteiger partial charge on any atom is -0.353 e. The van der Waals surface area contributed by atoms with E-state index >= 15 is 0 Å². The van der Waals surface area contributed by atoms with Gasteiger partial charge in [0.15, 0.2) is 0 Å². The molecular weight excluding hydrogens is 375 g/mol. The molecule has 1 fully saturated rings. The van der Waals surface area contributed by atoms with Crippen molar-refractivity contribution in [1.82, 2.24) is 15.2 Å². The maximum absolute atomic E-state index is 13.0. The molecule has 0 bridgehead atoms. The van der Waals surface area contributed by atoms with E-state index in [9.17, 15) is 14.0 Å². The number of aliphatic imine (C=N–C) groups is 1. The number of halogens is 1. The van der Waals surface area contributed by atoms with Crippen LogP contribution in [0.1, 0.15) is 6.42 Å². The normalized spacial score (nSPS) is 19.4. The van der Waals surface area contributed by atoms with E-state index in [4.69, 9.17) is 0 Å². The second-order valence-electron chi connectivity index (χ2n) is 6.88. The number of anilines is 2. The largest absolute Gasteiger partial charge is 0.353 e. The van der Waals surface area contributed by atoms with Crippen LogP contribution in [0.15, 0.2) is 53.7 Å². The van der Waals surface area contributed by atoms with Crippen molar-refractivity contribution in [3.63, 3.8) is 0 Å². The van der Waals surface area contributed by atoms with Crippen molar-refractivity contribution in [2.45, 2.75) is 12.5 Å². The van der Waals surface area contributed by atoms with E-state index < -0.39 is 11.9 Å². The molecule has 1 aromatic carbocycles. The van der Waals surface area contributed by atoms with Crippen LogP contribution in [0.4, 0.5) is 15.9 Å². The molecule has 150 valence electrons. The molecule has 1 atom stereocenters. The van der Waals surface area contributed by atoms with E-state index in [2.05, 4.69) is 25.5 Å². The van der Waals surface area contributed by atoms with Crippen LogP contribution in [0.25, 0.3) is 0 Å². The van der Waals surface area contributed by atoms with Gasteiger partial charge >= 0.3 is 0 Å². The summed E-state index contributed by atoms with van der Waals surface area (Å²) in [7, 11) is 0. The molecule has 4 rings (SSSR count). The fourth-order valence-electron chi connectivity index (χ4n) is 3.34. The Kier molecular flexibility index (Phi) is 5.37. The van der Waals surface area contributed by atoms with E-state index in [1.807, 2.05) is 23.1 Å². The van der Waals surface area contributed by atoms with Gasteiger partial charge in [-0.05, 0) is 36.4 Å². The van der Waals surface area contributed by atoms with Crippen molar-refractivity contribution < 1.29 is 14.0 Å². The van der Waals surface area contributed by atoms with Gasteiger partial charge in [0.2, 0.25) is 17.8 Å². The molecule has 2 aliphatic rings. The first-order valence-corrected chi connectivity index (χ1v) is 9.43. The molecule has 1 saturated heterocycles. The molecule has 3 heterocycles. The number of guanidine groups is 1. The zero-order chi connectivity index (χ0) is 20.2. The van der Waals surface area contributed by atoms with E-state index in [0.29, 0.717) is 24.7 Å². The maximum atomic E-state index is 13.0. The molecule has 1 unspecified atom stereocenters. The lowest BCUT2D eigenvalue weighted by atomic mass is 10.1. The van der Waals surface area contributed by atoms with Crippen LogP contribution in [-0.4, -0.2) is 59.9 Å². The molecule has 0 spiro atoms. The number of aromatic nitrogens is 1. The second-order valence-corrected chi connectivity index (χ2v) is 6.88. The number of nitrogens with zero attached hydrogens (tertiary/aromatic N) is 4. The summed E-state index contributed by atoms with van der Waals surface area (Å²) < 4.78 is 13.0. The Morgan fingerprint density at radius 1 is 1.07 bits per heavy atom. The highest BCUT2D eigenvalue weighted by molar-refractivity contribution is 6.06. The summed E-state index contributed by atoms with van der Waals surface area (Å²) in [6.45, 7) is 2.78. The number of rotatable bonds is 3. The first kappa shape index (κ1) is 18.9. The summed E-state index contributed by atoms with van der Waals surface area (Å²) in [6.07, 6.45) is 1.74. The third-order valence-electron chi connectivity index (χ3n) is 4.87. The van der Waals surface area contributed by atoms with Crippen molar-refractivity contribution in [2.75, 3.05) is 36.4 Å². The highest BCUT2D eigenvalue weighted by atomic mass is 19.1. The maximum Gasteiger partial charge on any atom is 0.249 e. The fourth-order valence-corrected chi connectivity index (χ4v) is 3.34. The minimum absolute atomic E-state index is 0.0234. The van der Waals surface area contributed by atoms with Gasteiger partial charge in [-0.25, -0.2) is 14.4 Å². The summed E-state index contributed by atoms with van der Waals surface area (Å²) in [5, 5.41) is 5.45. The average molecular weight is 396 g/mol. The molecule has 9 heteroatoms. The number of carbonyl (C=O) groups excluding carboxylic acids is 2. The van der Waals surface area contributed by atoms with Crippen LogP contribution < -0.4 is 15.5 Å². The summed E-state index contributed by atoms with van der Waals surface area (Å²) >= 11 is 0. The average Bonchev–Trinajstić information content (AvgIpc) is 2.75. The Bertz CT molecular complexity index is 910. The summed E-state index contributed by atoms with van der Waals surface area (Å²) in [6, 6.07) is 10.4. The number of pyridine rings is 1. The first-order valence-electron chi connectivity index (χ1n) is 9.43. The molecule has 8 nitrogen and oxygen atoms in total. The van der Waals surface area contributed by atoms with Gasteiger partial charge in [-0.3, -0.25) is 14.9 Å². The topological polar surface area (TPSA) is 89.9 Å². The van der Waals surface area contributed by atoms with Gasteiger partial charge in [0.05, 0.1) is 6.42 Å². The number of benzene rings is 1. The zero-order valence-electron chi connectivity index (χ0n) is 15.7. The van der Waals surface area contributed by atoms with Gasteiger partial charge in [0.1, 0.15) is 17.7 Å². The quantitative estimate of drug-likeness (QED) is 0.815. The highest BCUT2D eigenvalue weighted by Gasteiger charge is 2.30. The van der Waals surface area contributed by atoms with Crippen molar-refractivity contribution in [3.05, 3.63) is 54.5 Å². The smallest absolute Gasteiger partial charge is 0.249 e. The van der Waals surface area contributed by atoms with Crippen LogP contribution in [0.5, 0.6) is 0 Å². The molecule has 2 aliphatic heterocycles. The standard InChI is InChI=1S/C20H21FN6O2/c21-14-4-6-15(7-5-14)23-19(29)16-13-18(28)25-20(24-16)27-11-9-26(10-12-27)17-3-1-2-8-22-17/h1-8,16H,9-13H2,(H,23,29)(H,24,25,28). The van der Waals surface area contributed by atoms with Gasteiger partial charge in [0, 0.05) is 38.1 Å². The molecule has 29 heavy (non-hydrogen) atoms. The zero-order valence-corrected chi connectivity index (χ0v) is 15.7. The van der Waals surface area contributed by atoms with Gasteiger partial charge in [0.25, 0.3) is 0 Å². The molecule has 0 radical (unpaired) electrons. The molecule has 2 amide bonds. The molecule has 2 N–H and O–H groups in total. The van der Waals surface area contributed by atoms with Crippen LogP contribution in [0, 0.1) is 5.82 Å². The van der Waals surface area contributed by atoms with E-state index in [-0.39, 0.29) is 18.1 Å². The lowest BCUT2D eigenvalue weighted by Gasteiger charge is -2.38. The second kappa shape index (κ2) is 8.26. The van der Waals surface area contributed by atoms with Gasteiger partial charge in [-0.1, -0.05) is 6.07 Å². The number of amides is 2. The van der Waals surface area contributed by atoms with Crippen LogP contribution in [-0.2, 0) is 9.59 Å². The monoisotopic (exact) mass is 396 g/mol. The Morgan fingerprint density at radius 2 is 1.79 bits per heavy atom. The van der Waals surface area contributed by atoms with Crippen LogP contribution in [0.2, 0.25) is 0 Å². The lowest BCUT2D eigenvalue weighted by molar-refractivity contribution is -0.125. The molecule has 1 aromatic heterocycles. The summed E-state index contributed by atoms with van der Waals surface area (Å²) in [5.74, 6) is 0.308. The van der Waals surface area contributed by atoms with Crippen LogP contribution in [0.3, 0.4) is 0 Å². The number of piperazine rings is 1. The van der Waals surface area contributed by atoms with Gasteiger partial charge < -0.3 is 15.1 Å². The van der Waals surface area contributed by atoms with Crippen molar-refractivity contribution in [3.8, 4) is 0 Å². The molecule has 0 aliphatic carbocycles. The number of hydrogen-bond acceptors (Lipinski definition) is 6. The number of hydrogen-bond donors (Lipinski definition) is 2. The number of nitrogens with one attached hydrogen (secondary N) is 2. The summed E-state index contributed by atoms with van der Waals surface area (Å²) in [5.41, 5.74) is 0.461. The molecule has 2 aromatic rings. The van der Waals surface area contributed by atoms with Crippen LogP contribution >= 0.6 is 0 Å². The lowest BCUT2D eigenvalue weighted by Crippen LogP contribution is -2.56. The van der Waals surface area contributed by atoms with E-state index in [0.717, 1.165) is 18.9 Å². The third-order valence-corrected chi connectivity index (χ3v) is 4.87. The summed E-state index contributed by atoms with van der Waals surface area (Å²) in [4.78, 5) is 37.6. The minimum atomic E-state index is -0.822. The SMILES string of the molecule is O=C1CC(C(=O)Nc2ccc(F)cc2)N=C(N2CCN(c3ccccn3)CC2)N1. The predicted octanol–water partition coefficient (Wildman–Crippen LogP) is 1.23. The first-order chi connectivity index (χ1) is 14.1. The highest BCUT2D eigenvalue weighted by Crippen LogP contribution is 2.16. The Hall–Kier alpha value is -3.49. The van der Waals surface area contributed by atoms with Crippen molar-refractivity contribution >= 4 is 29.3 Å². The Balaban J connectivity index is 1.40.